The number of aliphatic hydroxyl groups excluding tert-OH is 2. The maximum absolute atomic E-state index is 11.1. The Morgan fingerprint density at radius 2 is 1.46 bits per heavy atom. The number of benzene rings is 1. The van der Waals surface area contributed by atoms with Gasteiger partial charge < -0.3 is 39.4 Å². The van der Waals surface area contributed by atoms with Crippen molar-refractivity contribution >= 4 is 11.9 Å². The van der Waals surface area contributed by atoms with Crippen molar-refractivity contribution in [3.8, 4) is 40.7 Å². The van der Waals surface area contributed by atoms with Gasteiger partial charge in [-0.05, 0) is 75.9 Å². The minimum Gasteiger partial charge on any atom is -0.490 e. The molecule has 3 heterocycles. The van der Waals surface area contributed by atoms with Crippen molar-refractivity contribution in [3.63, 3.8) is 0 Å². The molecule has 0 saturated heterocycles. The molecule has 3 aromatic heterocycles. The predicted molar refractivity (Wildman–Crippen MR) is 172 cm³/mol. The van der Waals surface area contributed by atoms with Crippen molar-refractivity contribution in [2.45, 2.75) is 60.5 Å². The summed E-state index contributed by atoms with van der Waals surface area (Å²) in [4.78, 5) is 42.5. The van der Waals surface area contributed by atoms with Crippen molar-refractivity contribution in [3.05, 3.63) is 52.5 Å². The monoisotopic (exact) mass is 667 g/mol. The van der Waals surface area contributed by atoms with Crippen LogP contribution in [0.4, 0.5) is 0 Å². The van der Waals surface area contributed by atoms with Crippen LogP contribution in [0.25, 0.3) is 23.0 Å². The molecule has 4 rings (SSSR count). The van der Waals surface area contributed by atoms with Gasteiger partial charge in [-0.15, -0.1) is 0 Å². The van der Waals surface area contributed by atoms with E-state index in [2.05, 4.69) is 35.4 Å². The minimum absolute atomic E-state index is 0.0189. The van der Waals surface area contributed by atoms with E-state index < -0.39 is 24.6 Å². The molecule has 1 aromatic carbocycles. The van der Waals surface area contributed by atoms with E-state index in [9.17, 15) is 14.7 Å². The van der Waals surface area contributed by atoms with Crippen molar-refractivity contribution < 1.29 is 43.6 Å². The smallest absolute Gasteiger partial charge is 0.354 e. The fourth-order valence-corrected chi connectivity index (χ4v) is 4.10. The van der Waals surface area contributed by atoms with Gasteiger partial charge in [-0.25, -0.2) is 14.8 Å². The first-order valence-electron chi connectivity index (χ1n) is 15.3. The summed E-state index contributed by atoms with van der Waals surface area (Å²) in [5.74, 6) is -0.365. The van der Waals surface area contributed by atoms with E-state index in [0.717, 1.165) is 35.2 Å². The van der Waals surface area contributed by atoms with Crippen LogP contribution in [0.5, 0.6) is 17.8 Å². The molecule has 0 spiro atoms. The van der Waals surface area contributed by atoms with Crippen LogP contribution in [0.1, 0.15) is 59.7 Å². The third kappa shape index (κ3) is 11.2. The van der Waals surface area contributed by atoms with Crippen molar-refractivity contribution in [2.75, 3.05) is 33.0 Å². The Hall–Kier alpha value is -5.22. The molecule has 0 saturated carbocycles. The summed E-state index contributed by atoms with van der Waals surface area (Å²) in [6.45, 7) is 11.6. The third-order valence-electron chi connectivity index (χ3n) is 6.22. The summed E-state index contributed by atoms with van der Waals surface area (Å²) in [5, 5.41) is 33.9. The highest BCUT2D eigenvalue weighted by Crippen LogP contribution is 2.30. The second-order valence-electron chi connectivity index (χ2n) is 10.6. The van der Waals surface area contributed by atoms with E-state index in [1.807, 2.05) is 46.8 Å². The van der Waals surface area contributed by atoms with E-state index in [4.69, 9.17) is 28.9 Å². The normalized spacial score (nSPS) is 11.2. The lowest BCUT2D eigenvalue weighted by Crippen LogP contribution is -2.36. The number of nitrogens with one attached hydrogen (secondary N) is 1. The lowest BCUT2D eigenvalue weighted by atomic mass is 10.1. The van der Waals surface area contributed by atoms with Crippen LogP contribution in [-0.2, 0) is 4.79 Å². The van der Waals surface area contributed by atoms with Crippen LogP contribution in [-0.4, -0.2) is 96.3 Å². The van der Waals surface area contributed by atoms with Gasteiger partial charge in [-0.1, -0.05) is 19.0 Å². The molecule has 1 atom stereocenters. The molecule has 1 unspecified atom stereocenters. The molecule has 258 valence electrons. The first-order valence-corrected chi connectivity index (χ1v) is 15.3. The van der Waals surface area contributed by atoms with Crippen molar-refractivity contribution in [1.29, 1.82) is 0 Å². The number of ether oxygens (including phenoxy) is 3. The zero-order valence-electron chi connectivity index (χ0n) is 27.8. The topological polar surface area (TPSA) is 225 Å². The molecule has 4 N–H and O–H groups in total. The Labute approximate surface area is 277 Å². The number of hydrogen-bond donors (Lipinski definition) is 4. The number of aromatic carboxylic acids is 1. The number of carbonyl (C=O) groups excluding carboxylic acids is 1. The van der Waals surface area contributed by atoms with Crippen LogP contribution in [0.3, 0.4) is 0 Å². The molecule has 1 amide bonds. The van der Waals surface area contributed by atoms with Gasteiger partial charge in [0.05, 0.1) is 13.2 Å². The van der Waals surface area contributed by atoms with Crippen LogP contribution in [0, 0.1) is 27.7 Å². The summed E-state index contributed by atoms with van der Waals surface area (Å²) >= 11 is 0. The second kappa shape index (κ2) is 18.2. The number of carboxylic acids is 1. The largest absolute Gasteiger partial charge is 0.490 e. The molecule has 0 aliphatic rings. The van der Waals surface area contributed by atoms with Gasteiger partial charge in [-0.3, -0.25) is 4.79 Å². The second-order valence-corrected chi connectivity index (χ2v) is 10.6. The van der Waals surface area contributed by atoms with E-state index in [1.165, 1.54) is 6.07 Å². The number of carbonyl (C=O) groups is 2. The summed E-state index contributed by atoms with van der Waals surface area (Å²) in [6.07, 6.45) is 0.755. The maximum Gasteiger partial charge on any atom is 0.354 e. The van der Waals surface area contributed by atoms with Crippen molar-refractivity contribution in [2.24, 2.45) is 0 Å². The molecule has 16 nitrogen and oxygen atoms in total. The number of carboxylic acid groups (broad SMARTS) is 1. The first kappa shape index (κ1) is 37.2. The first-order chi connectivity index (χ1) is 22.9. The molecule has 0 aliphatic heterocycles. The van der Waals surface area contributed by atoms with E-state index in [0.29, 0.717) is 36.2 Å². The van der Waals surface area contributed by atoms with Crippen LogP contribution in [0.15, 0.2) is 28.8 Å². The number of aliphatic hydroxyl groups is 2. The van der Waals surface area contributed by atoms with Gasteiger partial charge in [0.2, 0.25) is 11.7 Å². The number of aryl methyl sites for hydroxylation is 4. The van der Waals surface area contributed by atoms with Gasteiger partial charge in [0, 0.05) is 23.5 Å². The summed E-state index contributed by atoms with van der Waals surface area (Å²) in [5.41, 5.74) is 4.13. The zero-order chi connectivity index (χ0) is 35.2. The maximum atomic E-state index is 11.1. The molecule has 16 heteroatoms. The summed E-state index contributed by atoms with van der Waals surface area (Å²) in [6, 6.07) is 7.27. The van der Waals surface area contributed by atoms with Gasteiger partial charge in [0.1, 0.15) is 30.8 Å². The molecule has 4 aromatic rings. The Bertz CT molecular complexity index is 1660. The number of aromatic nitrogens is 6. The van der Waals surface area contributed by atoms with Crippen LogP contribution < -0.4 is 19.5 Å². The number of hydrogen-bond acceptors (Lipinski definition) is 14. The number of rotatable bonds is 15. The molecule has 48 heavy (non-hydrogen) atoms. The van der Waals surface area contributed by atoms with Gasteiger partial charge in [0.15, 0.2) is 5.69 Å². The van der Waals surface area contributed by atoms with Gasteiger partial charge in [-0.2, -0.15) is 15.0 Å². The Morgan fingerprint density at radius 3 is 2.04 bits per heavy atom. The van der Waals surface area contributed by atoms with E-state index in [-0.39, 0.29) is 36.8 Å². The average Bonchev–Trinajstić information content (AvgIpc) is 3.55. The van der Waals surface area contributed by atoms with Crippen LogP contribution in [0.2, 0.25) is 0 Å². The lowest BCUT2D eigenvalue weighted by molar-refractivity contribution is -0.124. The molecular weight excluding hydrogens is 626 g/mol. The van der Waals surface area contributed by atoms with E-state index in [1.54, 1.807) is 13.0 Å². The molecule has 0 fully saturated rings. The fraction of sp³-hybridized carbons (Fsp3) is 0.438. The third-order valence-corrected chi connectivity index (χ3v) is 6.22. The molecule has 0 bridgehead atoms. The standard InChI is InChI=1S/C23H29N5O6.C9H12N2O3/c1-5-6-32-23-25-15(4)9-18(26-23)22-27-21(28-34-22)16-7-13(2)20(14(3)8-16)33-12-17(30)10-24-19(31)11-29;1-3-4-14-9-10-6(2)5-7(11-9)8(12)13/h7-9,17,29-30H,5-6,10-12H2,1-4H3,(H,24,31);5H,3-4H2,1-2H3,(H,12,13). The summed E-state index contributed by atoms with van der Waals surface area (Å²) < 4.78 is 21.9. The Balaban J connectivity index is 0.000000373. The molecule has 0 radical (unpaired) electrons. The Morgan fingerprint density at radius 1 is 0.854 bits per heavy atom. The summed E-state index contributed by atoms with van der Waals surface area (Å²) in [7, 11) is 0. The molecular formula is C32H41N7O9. The number of nitrogens with zero attached hydrogens (tertiary/aromatic N) is 6. The fourth-order valence-electron chi connectivity index (χ4n) is 4.10. The predicted octanol–water partition coefficient (Wildman–Crippen LogP) is 3.03. The zero-order valence-corrected chi connectivity index (χ0v) is 27.8. The van der Waals surface area contributed by atoms with Crippen molar-refractivity contribution in [1.82, 2.24) is 35.4 Å². The number of amides is 1. The quantitative estimate of drug-likeness (QED) is 0.143. The molecule has 0 aliphatic carbocycles. The van der Waals surface area contributed by atoms with E-state index >= 15 is 0 Å². The van der Waals surface area contributed by atoms with Crippen LogP contribution >= 0.6 is 0 Å². The SMILES string of the molecule is CCCOc1nc(C)cc(-c2nc(-c3cc(C)c(OCC(O)CNC(=O)CO)c(C)c3)no2)n1.CCCOc1nc(C)cc(C(=O)O)n1. The lowest BCUT2D eigenvalue weighted by Gasteiger charge is -2.16. The highest BCUT2D eigenvalue weighted by molar-refractivity contribution is 5.85. The Kier molecular flexibility index (Phi) is 14.1. The van der Waals surface area contributed by atoms with Gasteiger partial charge in [0.25, 0.3) is 5.89 Å². The average molecular weight is 668 g/mol. The van der Waals surface area contributed by atoms with Gasteiger partial charge >= 0.3 is 18.0 Å². The highest BCUT2D eigenvalue weighted by atomic mass is 16.5. The minimum atomic E-state index is -1.07. The highest BCUT2D eigenvalue weighted by Gasteiger charge is 2.17.